The molecule has 7 heteroatoms. The number of aromatic nitrogens is 3. The zero-order valence-electron chi connectivity index (χ0n) is 11.9. The number of nitrogens with two attached hydrogens (primary N) is 1. The fourth-order valence-corrected chi connectivity index (χ4v) is 3.00. The Morgan fingerprint density at radius 1 is 1.45 bits per heavy atom. The van der Waals surface area contributed by atoms with Crippen molar-refractivity contribution in [3.8, 4) is 0 Å². The van der Waals surface area contributed by atoms with Crippen LogP contribution in [0.1, 0.15) is 24.1 Å². The molecular weight excluding hydrogens is 322 g/mol. The molecule has 22 heavy (non-hydrogen) atoms. The average molecular weight is 337 g/mol. The first-order valence-electron chi connectivity index (χ1n) is 6.81. The van der Waals surface area contributed by atoms with Crippen LogP contribution in [0.25, 0.3) is 11.0 Å². The first-order chi connectivity index (χ1) is 10.5. The zero-order valence-corrected chi connectivity index (χ0v) is 13.5. The molecule has 2 heterocycles. The van der Waals surface area contributed by atoms with Gasteiger partial charge in [0.1, 0.15) is 5.52 Å². The van der Waals surface area contributed by atoms with Crippen LogP contribution in [-0.4, -0.2) is 14.5 Å². The molecule has 0 saturated carbocycles. The second-order valence-corrected chi connectivity index (χ2v) is 6.04. The van der Waals surface area contributed by atoms with Gasteiger partial charge in [0.25, 0.3) is 5.56 Å². The van der Waals surface area contributed by atoms with E-state index in [-0.39, 0.29) is 11.6 Å². The van der Waals surface area contributed by atoms with E-state index in [0.29, 0.717) is 21.9 Å². The van der Waals surface area contributed by atoms with Gasteiger partial charge in [0.05, 0.1) is 12.1 Å². The lowest BCUT2D eigenvalue weighted by atomic mass is 10.0. The molecule has 0 amide bonds. The zero-order chi connectivity index (χ0) is 15.9. The van der Waals surface area contributed by atoms with E-state index in [0.717, 1.165) is 16.6 Å². The standard InChI is InChI=1S/C15H15ClN4OS/c1-8(17)11-6-10(16)3-2-9(11)7-20-12-4-5-18-13(12)14(21)19-15(20)22/h2-6,8,18H,7,17H2,1H3,(H,19,21,22)/t8-/m1/s1/i15+2. The van der Waals surface area contributed by atoms with Crippen LogP contribution in [0.3, 0.4) is 0 Å². The summed E-state index contributed by atoms with van der Waals surface area (Å²) >= 11 is 11.4. The van der Waals surface area contributed by atoms with Crippen molar-refractivity contribution in [3.05, 3.63) is 61.7 Å². The average Bonchev–Trinajstić information content (AvgIpc) is 2.94. The number of hydrogen-bond acceptors (Lipinski definition) is 3. The van der Waals surface area contributed by atoms with Crippen molar-refractivity contribution in [2.75, 3.05) is 0 Å². The number of benzene rings is 1. The molecule has 3 rings (SSSR count). The molecule has 0 bridgehead atoms. The van der Waals surface area contributed by atoms with Crippen LogP contribution < -0.4 is 11.3 Å². The Hall–Kier alpha value is -1.89. The Morgan fingerprint density at radius 2 is 2.23 bits per heavy atom. The fraction of sp³-hybridized carbons (Fsp3) is 0.200. The van der Waals surface area contributed by atoms with E-state index in [2.05, 4.69) is 9.97 Å². The molecule has 0 unspecified atom stereocenters. The van der Waals surface area contributed by atoms with E-state index in [9.17, 15) is 4.79 Å². The summed E-state index contributed by atoms with van der Waals surface area (Å²) in [6, 6.07) is 7.32. The van der Waals surface area contributed by atoms with E-state index in [1.807, 2.05) is 35.8 Å². The highest BCUT2D eigenvalue weighted by atomic mass is 35.5. The normalized spacial score (nSPS) is 12.7. The lowest BCUT2D eigenvalue weighted by Gasteiger charge is -2.15. The number of rotatable bonds is 3. The minimum Gasteiger partial charge on any atom is -0.355 e. The third-order valence-electron chi connectivity index (χ3n) is 3.64. The second kappa shape index (κ2) is 5.72. The van der Waals surface area contributed by atoms with Crippen molar-refractivity contribution in [3.63, 3.8) is 0 Å². The van der Waals surface area contributed by atoms with Crippen molar-refractivity contribution >= 4 is 34.9 Å². The minimum absolute atomic E-state index is 0.146. The molecule has 0 spiro atoms. The minimum atomic E-state index is -0.218. The van der Waals surface area contributed by atoms with Gasteiger partial charge < -0.3 is 15.3 Å². The van der Waals surface area contributed by atoms with Crippen molar-refractivity contribution in [1.82, 2.24) is 14.5 Å². The maximum Gasteiger partial charge on any atom is 0.276 e. The van der Waals surface area contributed by atoms with Gasteiger partial charge in [0.2, 0.25) is 0 Å². The Kier molecular flexibility index (Phi) is 3.90. The van der Waals surface area contributed by atoms with Crippen molar-refractivity contribution < 1.29 is 0 Å². The SMILES string of the molecule is C[C@@H](N)c1cc(Cl)ccc1Cn1c2cc[nH]c2c(=O)[nH][14c]1=S. The van der Waals surface area contributed by atoms with E-state index >= 15 is 0 Å². The number of aromatic amines is 2. The van der Waals surface area contributed by atoms with Crippen LogP contribution in [0.5, 0.6) is 0 Å². The summed E-state index contributed by atoms with van der Waals surface area (Å²) in [4.78, 5) is 17.5. The Labute approximate surface area is 136 Å². The second-order valence-electron chi connectivity index (χ2n) is 5.22. The molecule has 1 atom stereocenters. The van der Waals surface area contributed by atoms with Gasteiger partial charge in [-0.05, 0) is 48.5 Å². The van der Waals surface area contributed by atoms with Gasteiger partial charge in [-0.15, -0.1) is 0 Å². The number of fused-ring (bicyclic) bond motifs is 1. The molecule has 5 nitrogen and oxygen atoms in total. The van der Waals surface area contributed by atoms with Gasteiger partial charge in [0.15, 0.2) is 4.77 Å². The Morgan fingerprint density at radius 3 is 2.95 bits per heavy atom. The summed E-state index contributed by atoms with van der Waals surface area (Å²) in [7, 11) is 0. The van der Waals surface area contributed by atoms with E-state index < -0.39 is 0 Å². The molecule has 0 saturated heterocycles. The van der Waals surface area contributed by atoms with Crippen molar-refractivity contribution in [2.24, 2.45) is 5.73 Å². The molecule has 2 aromatic heterocycles. The molecule has 3 aromatic rings. The van der Waals surface area contributed by atoms with Gasteiger partial charge in [-0.1, -0.05) is 17.7 Å². The molecule has 4 N–H and O–H groups in total. The molecule has 0 aliphatic heterocycles. The van der Waals surface area contributed by atoms with Crippen LogP contribution in [0, 0.1) is 4.77 Å². The number of halogens is 1. The van der Waals surface area contributed by atoms with Gasteiger partial charge in [-0.2, -0.15) is 0 Å². The summed E-state index contributed by atoms with van der Waals surface area (Å²) in [6.07, 6.45) is 1.72. The molecular formula is C15H15ClN4OS. The van der Waals surface area contributed by atoms with Crippen LogP contribution in [0.4, 0.5) is 0 Å². The van der Waals surface area contributed by atoms with Gasteiger partial charge >= 0.3 is 0 Å². The van der Waals surface area contributed by atoms with E-state index in [1.54, 1.807) is 6.20 Å². The van der Waals surface area contributed by atoms with Gasteiger partial charge in [-0.25, -0.2) is 0 Å². The topological polar surface area (TPSA) is 79.6 Å². The highest BCUT2D eigenvalue weighted by Crippen LogP contribution is 2.23. The van der Waals surface area contributed by atoms with Crippen molar-refractivity contribution in [2.45, 2.75) is 19.5 Å². The molecule has 0 radical (unpaired) electrons. The first kappa shape index (κ1) is 15.0. The number of hydrogen-bond donors (Lipinski definition) is 3. The van der Waals surface area contributed by atoms with Crippen LogP contribution in [0.15, 0.2) is 35.3 Å². The molecule has 114 valence electrons. The van der Waals surface area contributed by atoms with Crippen molar-refractivity contribution in [1.29, 1.82) is 0 Å². The highest BCUT2D eigenvalue weighted by Gasteiger charge is 2.11. The summed E-state index contributed by atoms with van der Waals surface area (Å²) in [5.41, 5.74) is 9.06. The summed E-state index contributed by atoms with van der Waals surface area (Å²) < 4.78 is 2.25. The maximum absolute atomic E-state index is 11.9. The van der Waals surface area contributed by atoms with E-state index in [4.69, 9.17) is 29.6 Å². The smallest absolute Gasteiger partial charge is 0.276 e. The summed E-state index contributed by atoms with van der Waals surface area (Å²) in [5.74, 6) is 0. The van der Waals surface area contributed by atoms with Crippen LogP contribution >= 0.6 is 23.8 Å². The van der Waals surface area contributed by atoms with Crippen LogP contribution in [-0.2, 0) is 6.54 Å². The molecule has 0 aliphatic rings. The maximum atomic E-state index is 11.9. The molecule has 0 aliphatic carbocycles. The molecule has 0 fully saturated rings. The predicted octanol–water partition coefficient (Wildman–Crippen LogP) is 3.11. The lowest BCUT2D eigenvalue weighted by molar-refractivity contribution is 0.742. The first-order valence-corrected chi connectivity index (χ1v) is 7.60. The summed E-state index contributed by atoms with van der Waals surface area (Å²) in [5, 5.41) is 0.646. The van der Waals surface area contributed by atoms with E-state index in [1.165, 1.54) is 0 Å². The lowest BCUT2D eigenvalue weighted by Crippen LogP contribution is -2.16. The number of nitrogens with zero attached hydrogens (tertiary/aromatic N) is 1. The quantitative estimate of drug-likeness (QED) is 0.643. The largest absolute Gasteiger partial charge is 0.355 e. The monoisotopic (exact) mass is 336 g/mol. The number of nitrogens with one attached hydrogen (secondary N) is 2. The van der Waals surface area contributed by atoms with Gasteiger partial charge in [0, 0.05) is 17.3 Å². The fourth-order valence-electron chi connectivity index (χ4n) is 2.57. The third-order valence-corrected chi connectivity index (χ3v) is 4.19. The Balaban J connectivity index is 2.18. The summed E-state index contributed by atoms with van der Waals surface area (Å²) in [6.45, 7) is 2.42. The Bertz CT molecular complexity index is 954. The molecule has 1 aromatic carbocycles. The third kappa shape index (κ3) is 2.61. The highest BCUT2D eigenvalue weighted by molar-refractivity contribution is 7.71. The predicted molar refractivity (Wildman–Crippen MR) is 90.9 cm³/mol. The number of H-pyrrole nitrogens is 2. The van der Waals surface area contributed by atoms with Crippen LogP contribution in [0.2, 0.25) is 5.02 Å². The van der Waals surface area contributed by atoms with Gasteiger partial charge in [-0.3, -0.25) is 9.78 Å².